The van der Waals surface area contributed by atoms with Crippen LogP contribution in [0.5, 0.6) is 0 Å². The molecule has 1 aromatic heterocycles. The topological polar surface area (TPSA) is 34.9 Å². The lowest BCUT2D eigenvalue weighted by atomic mass is 10.2. The van der Waals surface area contributed by atoms with Crippen molar-refractivity contribution in [3.05, 3.63) is 80.7 Å². The first-order chi connectivity index (χ1) is 11.2. The summed E-state index contributed by atoms with van der Waals surface area (Å²) in [6, 6.07) is 15.9. The lowest BCUT2D eigenvalue weighted by Gasteiger charge is -2.11. The lowest BCUT2D eigenvalue weighted by molar-refractivity contribution is 0.671. The molecule has 0 radical (unpaired) electrons. The van der Waals surface area contributed by atoms with Crippen LogP contribution in [0.3, 0.4) is 0 Å². The van der Waals surface area contributed by atoms with E-state index in [1.54, 1.807) is 22.4 Å². The van der Waals surface area contributed by atoms with Gasteiger partial charge in [-0.25, -0.2) is 4.98 Å². The van der Waals surface area contributed by atoms with Gasteiger partial charge >= 0.3 is 0 Å². The van der Waals surface area contributed by atoms with Crippen LogP contribution in [0.4, 0.5) is 0 Å². The molecule has 2 aromatic carbocycles. The molecule has 0 aliphatic heterocycles. The van der Waals surface area contributed by atoms with Crippen LogP contribution >= 0.6 is 34.4 Å². The van der Waals surface area contributed by atoms with Gasteiger partial charge in [-0.3, -0.25) is 9.36 Å². The van der Waals surface area contributed by atoms with Crippen molar-refractivity contribution in [2.24, 2.45) is 0 Å². The Hall–Kier alpha value is -1.60. The van der Waals surface area contributed by atoms with Crippen LogP contribution in [0.15, 0.2) is 71.1 Å². The zero-order valence-corrected chi connectivity index (χ0v) is 15.4. The number of aromatic nitrogens is 2. The highest BCUT2D eigenvalue weighted by atomic mass is 127. The molecule has 0 saturated carbocycles. The van der Waals surface area contributed by atoms with Crippen molar-refractivity contribution in [2.75, 3.05) is 0 Å². The highest BCUT2D eigenvalue weighted by Crippen LogP contribution is 2.22. The highest BCUT2D eigenvalue weighted by molar-refractivity contribution is 14.1. The third kappa shape index (κ3) is 3.67. The second-order valence-electron chi connectivity index (χ2n) is 5.03. The molecular formula is C18H15IN2OS. The number of fused-ring (bicyclic) bond motifs is 1. The summed E-state index contributed by atoms with van der Waals surface area (Å²) < 4.78 is 2.72. The van der Waals surface area contributed by atoms with Gasteiger partial charge in [0.1, 0.15) is 0 Å². The summed E-state index contributed by atoms with van der Waals surface area (Å²) in [5, 5.41) is 1.38. The largest absolute Gasteiger partial charge is 0.283 e. The first-order valence-electron chi connectivity index (χ1n) is 7.17. The summed E-state index contributed by atoms with van der Waals surface area (Å²) in [5.74, 6) is 0.778. The second kappa shape index (κ2) is 7.31. The number of hydrogen-bond donors (Lipinski definition) is 0. The maximum Gasteiger partial charge on any atom is 0.262 e. The number of benzene rings is 2. The Kier molecular flexibility index (Phi) is 5.17. The Balaban J connectivity index is 2.04. The van der Waals surface area contributed by atoms with Gasteiger partial charge < -0.3 is 0 Å². The molecule has 0 saturated heterocycles. The minimum Gasteiger partial charge on any atom is -0.283 e. The number of thioether (sulfide) groups is 1. The molecule has 0 amide bonds. The molecule has 116 valence electrons. The van der Waals surface area contributed by atoms with Crippen LogP contribution in [0.25, 0.3) is 10.9 Å². The smallest absolute Gasteiger partial charge is 0.262 e. The molecule has 3 nitrogen and oxygen atoms in total. The van der Waals surface area contributed by atoms with Crippen molar-refractivity contribution >= 4 is 45.3 Å². The van der Waals surface area contributed by atoms with Crippen molar-refractivity contribution < 1.29 is 0 Å². The fourth-order valence-electron chi connectivity index (χ4n) is 2.30. The molecule has 23 heavy (non-hydrogen) atoms. The standard InChI is InChI=1S/C18H15IN2OS/c1-2-10-21-17(22)15-11-14(19)8-9-16(15)20-18(21)23-12-13-6-4-3-5-7-13/h2-9,11H,1,10,12H2. The number of halogens is 1. The fraction of sp³-hybridized carbons (Fsp3) is 0.111. The fourth-order valence-corrected chi connectivity index (χ4v) is 3.75. The summed E-state index contributed by atoms with van der Waals surface area (Å²) in [5.41, 5.74) is 1.94. The zero-order chi connectivity index (χ0) is 16.2. The third-order valence-electron chi connectivity index (χ3n) is 3.40. The van der Waals surface area contributed by atoms with Crippen molar-refractivity contribution in [3.8, 4) is 0 Å². The Morgan fingerprint density at radius 2 is 2.00 bits per heavy atom. The minimum atomic E-state index is -0.0102. The van der Waals surface area contributed by atoms with Gasteiger partial charge in [-0.2, -0.15) is 0 Å². The van der Waals surface area contributed by atoms with Crippen molar-refractivity contribution in [3.63, 3.8) is 0 Å². The molecule has 0 atom stereocenters. The quantitative estimate of drug-likeness (QED) is 0.257. The summed E-state index contributed by atoms with van der Waals surface area (Å²) in [4.78, 5) is 17.4. The average molecular weight is 434 g/mol. The minimum absolute atomic E-state index is 0.0102. The van der Waals surface area contributed by atoms with Gasteiger partial charge in [0.25, 0.3) is 5.56 Å². The van der Waals surface area contributed by atoms with Crippen molar-refractivity contribution in [2.45, 2.75) is 17.5 Å². The molecule has 0 unspecified atom stereocenters. The maximum absolute atomic E-state index is 12.8. The van der Waals surface area contributed by atoms with Gasteiger partial charge in [-0.15, -0.1) is 6.58 Å². The van der Waals surface area contributed by atoms with Crippen LogP contribution in [0, 0.1) is 3.57 Å². The van der Waals surface area contributed by atoms with E-state index in [0.29, 0.717) is 11.9 Å². The molecular weight excluding hydrogens is 419 g/mol. The van der Waals surface area contributed by atoms with Gasteiger partial charge in [0.05, 0.1) is 10.9 Å². The molecule has 1 heterocycles. The predicted molar refractivity (Wildman–Crippen MR) is 105 cm³/mol. The Bertz CT molecular complexity index is 906. The van der Waals surface area contributed by atoms with E-state index < -0.39 is 0 Å². The van der Waals surface area contributed by atoms with Gasteiger partial charge in [0.15, 0.2) is 5.16 Å². The summed E-state index contributed by atoms with van der Waals surface area (Å²) in [6.07, 6.45) is 1.73. The van der Waals surface area contributed by atoms with Gasteiger partial charge in [0.2, 0.25) is 0 Å². The molecule has 5 heteroatoms. The number of allylic oxidation sites excluding steroid dienone is 1. The second-order valence-corrected chi connectivity index (χ2v) is 7.22. The number of hydrogen-bond acceptors (Lipinski definition) is 3. The Morgan fingerprint density at radius 3 is 2.74 bits per heavy atom. The number of rotatable bonds is 5. The van der Waals surface area contributed by atoms with E-state index in [9.17, 15) is 4.79 Å². The summed E-state index contributed by atoms with van der Waals surface area (Å²) in [7, 11) is 0. The lowest BCUT2D eigenvalue weighted by Crippen LogP contribution is -2.22. The van der Waals surface area contributed by atoms with Crippen molar-refractivity contribution in [1.82, 2.24) is 9.55 Å². The highest BCUT2D eigenvalue weighted by Gasteiger charge is 2.11. The molecule has 0 aliphatic carbocycles. The average Bonchev–Trinajstić information content (AvgIpc) is 2.57. The first-order valence-corrected chi connectivity index (χ1v) is 9.23. The third-order valence-corrected chi connectivity index (χ3v) is 5.12. The summed E-state index contributed by atoms with van der Waals surface area (Å²) >= 11 is 3.78. The summed E-state index contributed by atoms with van der Waals surface area (Å²) in [6.45, 7) is 4.22. The Morgan fingerprint density at radius 1 is 1.22 bits per heavy atom. The van der Waals surface area contributed by atoms with E-state index in [1.165, 1.54) is 5.56 Å². The molecule has 0 aliphatic rings. The molecule has 3 rings (SSSR count). The van der Waals surface area contributed by atoms with E-state index in [0.717, 1.165) is 20.0 Å². The molecule has 0 N–H and O–H groups in total. The van der Waals surface area contributed by atoms with Gasteiger partial charge in [-0.1, -0.05) is 48.2 Å². The van der Waals surface area contributed by atoms with Crippen molar-refractivity contribution in [1.29, 1.82) is 0 Å². The van der Waals surface area contributed by atoms with E-state index >= 15 is 0 Å². The molecule has 3 aromatic rings. The van der Waals surface area contributed by atoms with Crippen LogP contribution in [-0.2, 0) is 12.3 Å². The van der Waals surface area contributed by atoms with Gasteiger partial charge in [-0.05, 0) is 46.4 Å². The Labute approximate surface area is 152 Å². The molecule has 0 fully saturated rings. The number of nitrogens with zero attached hydrogens (tertiary/aromatic N) is 2. The molecule has 0 spiro atoms. The van der Waals surface area contributed by atoms with E-state index in [1.807, 2.05) is 36.4 Å². The van der Waals surface area contributed by atoms with Crippen LogP contribution in [0.1, 0.15) is 5.56 Å². The van der Waals surface area contributed by atoms with Crippen LogP contribution < -0.4 is 5.56 Å². The molecule has 0 bridgehead atoms. The van der Waals surface area contributed by atoms with Crippen LogP contribution in [0.2, 0.25) is 0 Å². The van der Waals surface area contributed by atoms with E-state index in [4.69, 9.17) is 0 Å². The van der Waals surface area contributed by atoms with Crippen LogP contribution in [-0.4, -0.2) is 9.55 Å². The van der Waals surface area contributed by atoms with E-state index in [2.05, 4.69) is 46.3 Å². The first kappa shape index (κ1) is 16.3. The van der Waals surface area contributed by atoms with E-state index in [-0.39, 0.29) is 5.56 Å². The predicted octanol–water partition coefficient (Wildman–Crippen LogP) is 4.48. The van der Waals surface area contributed by atoms with Gasteiger partial charge in [0, 0.05) is 15.9 Å². The zero-order valence-electron chi connectivity index (χ0n) is 12.4. The SMILES string of the molecule is C=CCn1c(SCc2ccccc2)nc2ccc(I)cc2c1=O. The monoisotopic (exact) mass is 434 g/mol. The normalized spacial score (nSPS) is 10.8. The maximum atomic E-state index is 12.8.